The van der Waals surface area contributed by atoms with Crippen LogP contribution in [0.5, 0.6) is 0 Å². The van der Waals surface area contributed by atoms with E-state index in [1.165, 1.54) is 16.9 Å². The number of hydrogen-bond acceptors (Lipinski definition) is 4. The zero-order chi connectivity index (χ0) is 21.0. The number of thiophene rings is 1. The number of hydrogen-bond donors (Lipinski definition) is 1. The zero-order valence-electron chi connectivity index (χ0n) is 18.2. The van der Waals surface area contributed by atoms with Crippen molar-refractivity contribution in [3.8, 4) is 0 Å². The first kappa shape index (κ1) is 22.0. The molecule has 2 saturated heterocycles. The summed E-state index contributed by atoms with van der Waals surface area (Å²) >= 11 is 1.59. The molecule has 0 aliphatic carbocycles. The number of imide groups is 1. The first-order valence-electron chi connectivity index (χ1n) is 10.8. The molecule has 1 aromatic heterocycles. The fourth-order valence-electron chi connectivity index (χ4n) is 4.58. The number of piperidine rings is 1. The minimum atomic E-state index is -0.770. The Kier molecular flexibility index (Phi) is 7.17. The van der Waals surface area contributed by atoms with Crippen LogP contribution in [0.4, 0.5) is 4.79 Å². The first-order valence-corrected chi connectivity index (χ1v) is 11.7. The number of carbonyl (C=O) groups excluding carboxylic acids is 2. The minimum Gasteiger partial charge on any atom is -0.323 e. The number of likely N-dealkylation sites (tertiary alicyclic amines) is 1. The lowest BCUT2D eigenvalue weighted by atomic mass is 9.78. The molecular formula is C23H35N3O2S. The Hall–Kier alpha value is -1.66. The molecule has 29 heavy (non-hydrogen) atoms. The van der Waals surface area contributed by atoms with E-state index in [1.807, 2.05) is 23.8 Å². The van der Waals surface area contributed by atoms with Crippen LogP contribution in [0, 0.1) is 11.8 Å². The molecule has 2 unspecified atom stereocenters. The van der Waals surface area contributed by atoms with Crippen molar-refractivity contribution in [3.05, 3.63) is 34.0 Å². The van der Waals surface area contributed by atoms with Crippen LogP contribution in [0.15, 0.2) is 28.5 Å². The molecule has 3 heterocycles. The van der Waals surface area contributed by atoms with Crippen molar-refractivity contribution in [2.45, 2.75) is 65.5 Å². The molecule has 2 aliphatic rings. The molecule has 160 valence electrons. The fraction of sp³-hybridized carbons (Fsp3) is 0.652. The van der Waals surface area contributed by atoms with E-state index in [9.17, 15) is 9.59 Å². The fourth-order valence-corrected chi connectivity index (χ4v) is 5.24. The number of allylic oxidation sites excluding steroid dienone is 2. The number of carbonyl (C=O) groups is 2. The SMILES string of the molecule is CC(C)=CCCC(C)CN1CCC(C2(C)NC(=O)N(Cc3ccsc3)C2=O)CC1. The first-order chi connectivity index (χ1) is 13.8. The lowest BCUT2D eigenvalue weighted by molar-refractivity contribution is -0.133. The predicted molar refractivity (Wildman–Crippen MR) is 119 cm³/mol. The van der Waals surface area contributed by atoms with Crippen molar-refractivity contribution < 1.29 is 9.59 Å². The summed E-state index contributed by atoms with van der Waals surface area (Å²) in [4.78, 5) is 29.5. The Bertz CT molecular complexity index is 733. The van der Waals surface area contributed by atoms with Gasteiger partial charge in [0.15, 0.2) is 0 Å². The average Bonchev–Trinajstić information content (AvgIpc) is 3.25. The van der Waals surface area contributed by atoms with Gasteiger partial charge in [0.05, 0.1) is 6.54 Å². The van der Waals surface area contributed by atoms with Crippen LogP contribution >= 0.6 is 11.3 Å². The number of urea groups is 1. The van der Waals surface area contributed by atoms with Crippen molar-refractivity contribution in [1.29, 1.82) is 0 Å². The van der Waals surface area contributed by atoms with E-state index in [-0.39, 0.29) is 17.9 Å². The van der Waals surface area contributed by atoms with E-state index in [0.29, 0.717) is 12.5 Å². The van der Waals surface area contributed by atoms with E-state index < -0.39 is 5.54 Å². The van der Waals surface area contributed by atoms with E-state index in [2.05, 4.69) is 37.1 Å². The van der Waals surface area contributed by atoms with Gasteiger partial charge in [-0.15, -0.1) is 0 Å². The number of nitrogens with zero attached hydrogens (tertiary/aromatic N) is 2. The van der Waals surface area contributed by atoms with Crippen molar-refractivity contribution >= 4 is 23.3 Å². The Morgan fingerprint density at radius 2 is 2.07 bits per heavy atom. The second-order valence-electron chi connectivity index (χ2n) is 9.19. The Morgan fingerprint density at radius 3 is 2.69 bits per heavy atom. The van der Waals surface area contributed by atoms with E-state index in [4.69, 9.17) is 0 Å². The normalized spacial score (nSPS) is 24.6. The number of nitrogens with one attached hydrogen (secondary N) is 1. The van der Waals surface area contributed by atoms with E-state index in [0.717, 1.165) is 44.5 Å². The van der Waals surface area contributed by atoms with Crippen LogP contribution < -0.4 is 5.32 Å². The summed E-state index contributed by atoms with van der Waals surface area (Å²) in [5, 5.41) is 6.99. The summed E-state index contributed by atoms with van der Waals surface area (Å²) in [6.07, 6.45) is 6.60. The Morgan fingerprint density at radius 1 is 1.34 bits per heavy atom. The molecule has 5 nitrogen and oxygen atoms in total. The molecule has 0 saturated carbocycles. The lowest BCUT2D eigenvalue weighted by Crippen LogP contribution is -2.54. The van der Waals surface area contributed by atoms with Gasteiger partial charge in [-0.05, 0) is 93.8 Å². The second-order valence-corrected chi connectivity index (χ2v) is 9.97. The maximum absolute atomic E-state index is 13.1. The monoisotopic (exact) mass is 417 g/mol. The molecule has 2 aliphatic heterocycles. The third-order valence-corrected chi connectivity index (χ3v) is 7.14. The van der Waals surface area contributed by atoms with Crippen LogP contribution in [-0.2, 0) is 11.3 Å². The van der Waals surface area contributed by atoms with Crippen LogP contribution in [-0.4, -0.2) is 46.9 Å². The summed E-state index contributed by atoms with van der Waals surface area (Å²) in [5.74, 6) is 0.803. The van der Waals surface area contributed by atoms with Crippen LogP contribution in [0.3, 0.4) is 0 Å². The lowest BCUT2D eigenvalue weighted by Gasteiger charge is -2.39. The molecule has 0 bridgehead atoms. The highest BCUT2D eigenvalue weighted by Crippen LogP contribution is 2.34. The third-order valence-electron chi connectivity index (χ3n) is 6.41. The molecule has 3 rings (SSSR count). The molecule has 2 atom stereocenters. The molecule has 0 aromatic carbocycles. The third kappa shape index (κ3) is 5.28. The van der Waals surface area contributed by atoms with Crippen molar-refractivity contribution in [2.75, 3.05) is 19.6 Å². The van der Waals surface area contributed by atoms with Gasteiger partial charge in [0.2, 0.25) is 0 Å². The van der Waals surface area contributed by atoms with Crippen molar-refractivity contribution in [1.82, 2.24) is 15.1 Å². The maximum Gasteiger partial charge on any atom is 0.325 e. The van der Waals surface area contributed by atoms with Gasteiger partial charge in [0, 0.05) is 6.54 Å². The van der Waals surface area contributed by atoms with Gasteiger partial charge in [-0.3, -0.25) is 9.69 Å². The topological polar surface area (TPSA) is 52.7 Å². The molecule has 2 fully saturated rings. The zero-order valence-corrected chi connectivity index (χ0v) is 19.1. The van der Waals surface area contributed by atoms with Crippen molar-refractivity contribution in [3.63, 3.8) is 0 Å². The quantitative estimate of drug-likeness (QED) is 0.495. The van der Waals surface area contributed by atoms with Crippen molar-refractivity contribution in [2.24, 2.45) is 11.8 Å². The molecular weight excluding hydrogens is 382 g/mol. The van der Waals surface area contributed by atoms with Crippen LogP contribution in [0.25, 0.3) is 0 Å². The highest BCUT2D eigenvalue weighted by Gasteiger charge is 2.52. The van der Waals surface area contributed by atoms with Crippen LogP contribution in [0.2, 0.25) is 0 Å². The van der Waals surface area contributed by atoms with Gasteiger partial charge >= 0.3 is 6.03 Å². The molecule has 0 radical (unpaired) electrons. The van der Waals surface area contributed by atoms with Gasteiger partial charge in [0.25, 0.3) is 5.91 Å². The highest BCUT2D eigenvalue weighted by molar-refractivity contribution is 7.07. The smallest absolute Gasteiger partial charge is 0.323 e. The average molecular weight is 418 g/mol. The maximum atomic E-state index is 13.1. The van der Waals surface area contributed by atoms with E-state index >= 15 is 0 Å². The molecule has 1 aromatic rings. The predicted octanol–water partition coefficient (Wildman–Crippen LogP) is 4.65. The van der Waals surface area contributed by atoms with Gasteiger partial charge in [-0.2, -0.15) is 11.3 Å². The van der Waals surface area contributed by atoms with Crippen LogP contribution in [0.1, 0.15) is 58.9 Å². The summed E-state index contributed by atoms with van der Waals surface area (Å²) in [6, 6.07) is 1.72. The summed E-state index contributed by atoms with van der Waals surface area (Å²) < 4.78 is 0. The molecule has 0 spiro atoms. The van der Waals surface area contributed by atoms with E-state index in [1.54, 1.807) is 11.3 Å². The van der Waals surface area contributed by atoms with Gasteiger partial charge in [0.1, 0.15) is 5.54 Å². The van der Waals surface area contributed by atoms with Gasteiger partial charge in [-0.1, -0.05) is 18.6 Å². The minimum absolute atomic E-state index is 0.0674. The summed E-state index contributed by atoms with van der Waals surface area (Å²) in [7, 11) is 0. The Labute approximate surface area is 179 Å². The second kappa shape index (κ2) is 9.43. The summed E-state index contributed by atoms with van der Waals surface area (Å²) in [5.41, 5.74) is 1.64. The highest BCUT2D eigenvalue weighted by atomic mass is 32.1. The standard InChI is InChI=1S/C23H35N3O2S/c1-17(2)6-5-7-18(3)14-25-11-8-20(9-12-25)23(4)21(27)26(22(28)24-23)15-19-10-13-29-16-19/h6,10,13,16,18,20H,5,7-9,11-12,14-15H2,1-4H3,(H,24,28). The molecule has 1 N–H and O–H groups in total. The number of rotatable bonds is 8. The number of amides is 3. The summed E-state index contributed by atoms with van der Waals surface area (Å²) in [6.45, 7) is 12.0. The Balaban J connectivity index is 1.51. The van der Waals surface area contributed by atoms with Gasteiger partial charge < -0.3 is 10.2 Å². The van der Waals surface area contributed by atoms with Gasteiger partial charge in [-0.25, -0.2) is 4.79 Å². The molecule has 6 heteroatoms. The molecule has 3 amide bonds. The largest absolute Gasteiger partial charge is 0.325 e.